The highest BCUT2D eigenvalue weighted by atomic mass is 16.5. The highest BCUT2D eigenvalue weighted by Gasteiger charge is 2.17. The number of methoxy groups -OCH3 is 1. The van der Waals surface area contributed by atoms with Crippen LogP contribution in [0, 0.1) is 5.92 Å². The number of carbonyl (C=O) groups excluding carboxylic acids is 1. The number of hydrogen-bond acceptors (Lipinski definition) is 3. The first kappa shape index (κ1) is 12.7. The molecule has 16 heavy (non-hydrogen) atoms. The molecule has 0 saturated carbocycles. The fourth-order valence-electron chi connectivity index (χ4n) is 1.70. The van der Waals surface area contributed by atoms with Crippen LogP contribution in [0.1, 0.15) is 12.0 Å². The number of aryl methyl sites for hydroxylation is 1. The van der Waals surface area contributed by atoms with E-state index >= 15 is 0 Å². The van der Waals surface area contributed by atoms with Gasteiger partial charge in [0.2, 0.25) is 0 Å². The topological polar surface area (TPSA) is 38.3 Å². The van der Waals surface area contributed by atoms with E-state index in [4.69, 9.17) is 4.74 Å². The summed E-state index contributed by atoms with van der Waals surface area (Å²) in [5.74, 6) is -0.194. The Morgan fingerprint density at radius 2 is 2.06 bits per heavy atom. The van der Waals surface area contributed by atoms with E-state index in [1.165, 1.54) is 12.7 Å². The largest absolute Gasteiger partial charge is 0.469 e. The maximum Gasteiger partial charge on any atom is 0.309 e. The normalized spacial score (nSPS) is 12.1. The van der Waals surface area contributed by atoms with Gasteiger partial charge in [0.05, 0.1) is 13.0 Å². The fraction of sp³-hybridized carbons (Fsp3) is 0.462. The molecule has 0 amide bonds. The molecule has 1 unspecified atom stereocenters. The second-order valence-corrected chi connectivity index (χ2v) is 3.80. The summed E-state index contributed by atoms with van der Waals surface area (Å²) in [6, 6.07) is 10.2. The Morgan fingerprint density at radius 1 is 1.38 bits per heavy atom. The lowest BCUT2D eigenvalue weighted by molar-refractivity contribution is -0.145. The Kier molecular flexibility index (Phi) is 5.57. The van der Waals surface area contributed by atoms with Crippen molar-refractivity contribution in [2.75, 3.05) is 20.7 Å². The lowest BCUT2D eigenvalue weighted by Crippen LogP contribution is -2.27. The molecule has 0 spiro atoms. The Bertz CT molecular complexity index is 311. The quantitative estimate of drug-likeness (QED) is 0.742. The summed E-state index contributed by atoms with van der Waals surface area (Å²) in [4.78, 5) is 11.5. The third kappa shape index (κ3) is 4.03. The molecule has 0 aliphatic carbocycles. The minimum atomic E-state index is -0.134. The maximum absolute atomic E-state index is 11.5. The van der Waals surface area contributed by atoms with Gasteiger partial charge in [0.1, 0.15) is 0 Å². The number of carbonyl (C=O) groups is 1. The number of ether oxygens (including phenoxy) is 1. The molecule has 0 fully saturated rings. The van der Waals surface area contributed by atoms with E-state index < -0.39 is 0 Å². The molecule has 0 heterocycles. The van der Waals surface area contributed by atoms with Crippen LogP contribution in [0.2, 0.25) is 0 Å². The third-order valence-corrected chi connectivity index (χ3v) is 2.61. The van der Waals surface area contributed by atoms with E-state index in [9.17, 15) is 4.79 Å². The number of rotatable bonds is 6. The number of esters is 1. The lowest BCUT2D eigenvalue weighted by atomic mass is 9.99. The van der Waals surface area contributed by atoms with Crippen LogP contribution in [0.4, 0.5) is 0 Å². The molecule has 0 saturated heterocycles. The molecule has 88 valence electrons. The van der Waals surface area contributed by atoms with Gasteiger partial charge in [0, 0.05) is 6.54 Å². The van der Waals surface area contributed by atoms with Crippen LogP contribution >= 0.6 is 0 Å². The van der Waals surface area contributed by atoms with Crippen LogP contribution < -0.4 is 5.32 Å². The Balaban J connectivity index is 2.47. The van der Waals surface area contributed by atoms with Gasteiger partial charge in [0.25, 0.3) is 0 Å². The van der Waals surface area contributed by atoms with Gasteiger partial charge in [-0.05, 0) is 25.5 Å². The summed E-state index contributed by atoms with van der Waals surface area (Å²) in [7, 11) is 3.28. The summed E-state index contributed by atoms with van der Waals surface area (Å²) >= 11 is 0. The second kappa shape index (κ2) is 7.01. The summed E-state index contributed by atoms with van der Waals surface area (Å²) < 4.78 is 4.77. The van der Waals surface area contributed by atoms with Crippen molar-refractivity contribution in [3.63, 3.8) is 0 Å². The smallest absolute Gasteiger partial charge is 0.309 e. The van der Waals surface area contributed by atoms with Gasteiger partial charge in [-0.2, -0.15) is 0 Å². The predicted molar refractivity (Wildman–Crippen MR) is 64.2 cm³/mol. The van der Waals surface area contributed by atoms with E-state index in [-0.39, 0.29) is 11.9 Å². The third-order valence-electron chi connectivity index (χ3n) is 2.61. The molecule has 0 aromatic heterocycles. The van der Waals surface area contributed by atoms with Crippen molar-refractivity contribution >= 4 is 5.97 Å². The highest BCUT2D eigenvalue weighted by molar-refractivity contribution is 5.72. The minimum absolute atomic E-state index is 0.0600. The van der Waals surface area contributed by atoms with Gasteiger partial charge >= 0.3 is 5.97 Å². The van der Waals surface area contributed by atoms with Crippen LogP contribution in [-0.4, -0.2) is 26.7 Å². The summed E-state index contributed by atoms with van der Waals surface area (Å²) in [5.41, 5.74) is 1.26. The molecule has 3 nitrogen and oxygen atoms in total. The molecule has 1 atom stereocenters. The van der Waals surface area contributed by atoms with Crippen molar-refractivity contribution in [2.45, 2.75) is 12.8 Å². The molecule has 0 aliphatic heterocycles. The van der Waals surface area contributed by atoms with Crippen LogP contribution in [0.15, 0.2) is 30.3 Å². The number of hydrogen-bond donors (Lipinski definition) is 1. The van der Waals surface area contributed by atoms with E-state index in [0.717, 1.165) is 12.8 Å². The van der Waals surface area contributed by atoms with Crippen LogP contribution in [0.5, 0.6) is 0 Å². The Hall–Kier alpha value is -1.35. The Morgan fingerprint density at radius 3 is 2.62 bits per heavy atom. The highest BCUT2D eigenvalue weighted by Crippen LogP contribution is 2.10. The molecule has 0 bridgehead atoms. The molecular formula is C13H19NO2. The standard InChI is InChI=1S/C13H19NO2/c1-14-10-12(13(15)16-2)9-8-11-6-4-3-5-7-11/h3-7,12,14H,8-10H2,1-2H3. The summed E-state index contributed by atoms with van der Waals surface area (Å²) in [5, 5.41) is 3.02. The Labute approximate surface area is 96.8 Å². The minimum Gasteiger partial charge on any atom is -0.469 e. The zero-order chi connectivity index (χ0) is 11.8. The number of nitrogens with one attached hydrogen (secondary N) is 1. The SMILES string of the molecule is CNCC(CCc1ccccc1)C(=O)OC. The van der Waals surface area contributed by atoms with Crippen molar-refractivity contribution in [2.24, 2.45) is 5.92 Å². The molecule has 1 aromatic carbocycles. The van der Waals surface area contributed by atoms with Crippen molar-refractivity contribution in [1.29, 1.82) is 0 Å². The van der Waals surface area contributed by atoms with Crippen molar-refractivity contribution < 1.29 is 9.53 Å². The molecular weight excluding hydrogens is 202 g/mol. The average molecular weight is 221 g/mol. The van der Waals surface area contributed by atoms with Crippen molar-refractivity contribution in [3.05, 3.63) is 35.9 Å². The van der Waals surface area contributed by atoms with Crippen molar-refractivity contribution in [3.8, 4) is 0 Å². The summed E-state index contributed by atoms with van der Waals surface area (Å²) in [6.07, 6.45) is 1.72. The monoisotopic (exact) mass is 221 g/mol. The molecule has 1 aromatic rings. The van der Waals surface area contributed by atoms with Gasteiger partial charge in [-0.3, -0.25) is 4.79 Å². The molecule has 1 N–H and O–H groups in total. The molecule has 0 aliphatic rings. The molecule has 0 radical (unpaired) electrons. The van der Waals surface area contributed by atoms with Gasteiger partial charge in [0.15, 0.2) is 0 Å². The maximum atomic E-state index is 11.5. The first-order valence-corrected chi connectivity index (χ1v) is 5.54. The number of benzene rings is 1. The zero-order valence-corrected chi connectivity index (χ0v) is 9.90. The van der Waals surface area contributed by atoms with E-state index in [0.29, 0.717) is 6.54 Å². The first-order valence-electron chi connectivity index (χ1n) is 5.54. The van der Waals surface area contributed by atoms with E-state index in [1.54, 1.807) is 0 Å². The van der Waals surface area contributed by atoms with Gasteiger partial charge in [-0.25, -0.2) is 0 Å². The van der Waals surface area contributed by atoms with Crippen molar-refractivity contribution in [1.82, 2.24) is 5.32 Å². The van der Waals surface area contributed by atoms with Gasteiger partial charge in [-0.1, -0.05) is 30.3 Å². The average Bonchev–Trinajstić information content (AvgIpc) is 2.34. The zero-order valence-electron chi connectivity index (χ0n) is 9.90. The van der Waals surface area contributed by atoms with Gasteiger partial charge in [-0.15, -0.1) is 0 Å². The summed E-state index contributed by atoms with van der Waals surface area (Å²) in [6.45, 7) is 0.666. The van der Waals surface area contributed by atoms with Crippen LogP contribution in [-0.2, 0) is 16.0 Å². The lowest BCUT2D eigenvalue weighted by Gasteiger charge is -2.13. The second-order valence-electron chi connectivity index (χ2n) is 3.80. The predicted octanol–water partition coefficient (Wildman–Crippen LogP) is 1.63. The first-order chi connectivity index (χ1) is 7.77. The van der Waals surface area contributed by atoms with Gasteiger partial charge < -0.3 is 10.1 Å². The van der Waals surface area contributed by atoms with E-state index in [2.05, 4.69) is 17.4 Å². The van der Waals surface area contributed by atoms with Crippen LogP contribution in [0.3, 0.4) is 0 Å². The van der Waals surface area contributed by atoms with Crippen LogP contribution in [0.25, 0.3) is 0 Å². The molecule has 3 heteroatoms. The molecule has 1 rings (SSSR count). The fourth-order valence-corrected chi connectivity index (χ4v) is 1.70. The van der Waals surface area contributed by atoms with E-state index in [1.807, 2.05) is 25.2 Å².